The molecule has 3 nitrogen and oxygen atoms in total. The Hall–Kier alpha value is -1.85. The third-order valence-corrected chi connectivity index (χ3v) is 9.35. The monoisotopic (exact) mass is 346 g/mol. The second-order valence-electron chi connectivity index (χ2n) is 6.35. The molecule has 2 aromatic rings. The van der Waals surface area contributed by atoms with Gasteiger partial charge in [0.05, 0.1) is 20.1 Å². The van der Waals surface area contributed by atoms with Crippen LogP contribution in [0.1, 0.15) is 5.56 Å². The van der Waals surface area contributed by atoms with Crippen LogP contribution in [0.2, 0.25) is 19.6 Å². The van der Waals surface area contributed by atoms with E-state index in [1.54, 1.807) is 37.5 Å². The Morgan fingerprint density at radius 3 is 2.00 bits per heavy atom. The Morgan fingerprint density at radius 2 is 1.52 bits per heavy atom. The molecule has 0 aliphatic heterocycles. The van der Waals surface area contributed by atoms with E-state index in [4.69, 9.17) is 4.74 Å². The van der Waals surface area contributed by atoms with Crippen molar-refractivity contribution in [3.05, 3.63) is 64.7 Å². The summed E-state index contributed by atoms with van der Waals surface area (Å²) in [5, 5.41) is 0. The summed E-state index contributed by atoms with van der Waals surface area (Å²) in [7, 11) is -3.94. The summed E-state index contributed by atoms with van der Waals surface area (Å²) < 4.78 is 31.8. The lowest BCUT2D eigenvalue weighted by molar-refractivity contribution is 0.415. The van der Waals surface area contributed by atoms with Crippen LogP contribution in [0.25, 0.3) is 6.08 Å². The van der Waals surface area contributed by atoms with Crippen molar-refractivity contribution in [3.8, 4) is 5.75 Å². The average Bonchev–Trinajstić information content (AvgIpc) is 2.53. The normalized spacial score (nSPS) is 13.0. The fraction of sp³-hybridized carbons (Fsp3) is 0.222. The first-order valence-corrected chi connectivity index (χ1v) is 12.4. The minimum atomic E-state index is -3.48. The molecule has 0 fully saturated rings. The van der Waals surface area contributed by atoms with E-state index in [0.717, 1.165) is 11.3 Å². The molecular weight excluding hydrogens is 324 g/mol. The Kier molecular flexibility index (Phi) is 5.11. The topological polar surface area (TPSA) is 43.4 Å². The molecule has 0 bridgehead atoms. The van der Waals surface area contributed by atoms with Gasteiger partial charge in [-0.3, -0.25) is 0 Å². The van der Waals surface area contributed by atoms with E-state index in [9.17, 15) is 8.42 Å². The standard InChI is InChI=1S/C18H22O3SSi/c1-21-16-12-10-15(11-13-16)14-18(23(2,3)4)22(19,20)17-8-6-5-7-9-17/h5-14H,1-4H3/b18-14-. The molecular formula is C18H22O3SSi. The van der Waals surface area contributed by atoms with Gasteiger partial charge in [0.25, 0.3) is 0 Å². The number of methoxy groups -OCH3 is 1. The van der Waals surface area contributed by atoms with Crippen molar-refractivity contribution in [2.75, 3.05) is 7.11 Å². The summed E-state index contributed by atoms with van der Waals surface area (Å²) in [5.41, 5.74) is 0.864. The van der Waals surface area contributed by atoms with Gasteiger partial charge in [0.2, 0.25) is 0 Å². The van der Waals surface area contributed by atoms with Gasteiger partial charge in [-0.15, -0.1) is 0 Å². The summed E-state index contributed by atoms with van der Waals surface area (Å²) in [4.78, 5) is 0.349. The van der Waals surface area contributed by atoms with Crippen LogP contribution in [0.5, 0.6) is 5.75 Å². The molecule has 5 heteroatoms. The van der Waals surface area contributed by atoms with Gasteiger partial charge in [-0.1, -0.05) is 50.0 Å². The highest BCUT2D eigenvalue weighted by Gasteiger charge is 2.32. The third kappa shape index (κ3) is 4.12. The van der Waals surface area contributed by atoms with Gasteiger partial charge < -0.3 is 4.74 Å². The zero-order valence-corrected chi connectivity index (χ0v) is 15.7. The zero-order chi connectivity index (χ0) is 17.1. The molecule has 0 spiro atoms. The lowest BCUT2D eigenvalue weighted by Gasteiger charge is -2.21. The predicted octanol–water partition coefficient (Wildman–Crippen LogP) is 4.39. The Labute approximate surface area is 139 Å². The summed E-state index contributed by atoms with van der Waals surface area (Å²) >= 11 is 0. The fourth-order valence-corrected chi connectivity index (χ4v) is 7.51. The number of sulfone groups is 1. The Balaban J connectivity index is 2.55. The van der Waals surface area contributed by atoms with Gasteiger partial charge in [-0.2, -0.15) is 0 Å². The zero-order valence-electron chi connectivity index (χ0n) is 13.9. The highest BCUT2D eigenvalue weighted by molar-refractivity contribution is 7.97. The van der Waals surface area contributed by atoms with Crippen molar-refractivity contribution < 1.29 is 13.2 Å². The van der Waals surface area contributed by atoms with Crippen molar-refractivity contribution in [1.29, 1.82) is 0 Å². The molecule has 0 aromatic heterocycles. The highest BCUT2D eigenvalue weighted by atomic mass is 32.2. The van der Waals surface area contributed by atoms with Gasteiger partial charge in [0, 0.05) is 4.53 Å². The molecule has 0 aliphatic rings. The van der Waals surface area contributed by atoms with Crippen molar-refractivity contribution in [1.82, 2.24) is 0 Å². The van der Waals surface area contributed by atoms with Gasteiger partial charge in [0.15, 0.2) is 9.84 Å². The van der Waals surface area contributed by atoms with E-state index in [-0.39, 0.29) is 0 Å². The second-order valence-corrected chi connectivity index (χ2v) is 13.7. The first-order chi connectivity index (χ1) is 10.7. The van der Waals surface area contributed by atoms with E-state index in [1.807, 2.05) is 50.0 Å². The molecule has 0 N–H and O–H groups in total. The maximum absolute atomic E-state index is 13.0. The summed E-state index contributed by atoms with van der Waals surface area (Å²) in [6.07, 6.45) is 1.80. The first-order valence-electron chi connectivity index (χ1n) is 7.41. The largest absolute Gasteiger partial charge is 0.497 e. The van der Waals surface area contributed by atoms with Gasteiger partial charge in [-0.25, -0.2) is 8.42 Å². The molecule has 2 rings (SSSR count). The molecule has 0 aliphatic carbocycles. The van der Waals surface area contributed by atoms with E-state index in [2.05, 4.69) is 0 Å². The number of rotatable bonds is 5. The second kappa shape index (κ2) is 6.72. The fourth-order valence-electron chi connectivity index (χ4n) is 2.28. The number of ether oxygens (including phenoxy) is 1. The van der Waals surface area contributed by atoms with Crippen molar-refractivity contribution >= 4 is 24.0 Å². The van der Waals surface area contributed by atoms with Crippen LogP contribution in [0.4, 0.5) is 0 Å². The summed E-state index contributed by atoms with van der Waals surface area (Å²) in [6, 6.07) is 16.0. The number of hydrogen-bond donors (Lipinski definition) is 0. The van der Waals surface area contributed by atoms with Crippen LogP contribution in [0.15, 0.2) is 64.0 Å². The van der Waals surface area contributed by atoms with Crippen molar-refractivity contribution in [2.24, 2.45) is 0 Å². The van der Waals surface area contributed by atoms with Crippen LogP contribution in [0, 0.1) is 0 Å². The quantitative estimate of drug-likeness (QED) is 0.754. The van der Waals surface area contributed by atoms with Crippen LogP contribution < -0.4 is 4.74 Å². The minimum absolute atomic E-state index is 0.349. The molecule has 23 heavy (non-hydrogen) atoms. The molecule has 2 aromatic carbocycles. The molecule has 0 radical (unpaired) electrons. The molecule has 0 heterocycles. The Bertz CT molecular complexity index is 786. The van der Waals surface area contributed by atoms with E-state index in [0.29, 0.717) is 9.42 Å². The minimum Gasteiger partial charge on any atom is -0.497 e. The van der Waals surface area contributed by atoms with Gasteiger partial charge in [0.1, 0.15) is 5.75 Å². The third-order valence-electron chi connectivity index (χ3n) is 3.50. The average molecular weight is 347 g/mol. The summed E-state index contributed by atoms with van der Waals surface area (Å²) in [5.74, 6) is 0.752. The van der Waals surface area contributed by atoms with Crippen molar-refractivity contribution in [3.63, 3.8) is 0 Å². The SMILES string of the molecule is COc1ccc(/C=C(\[Si](C)(C)C)S(=O)(=O)c2ccccc2)cc1. The lowest BCUT2D eigenvalue weighted by Crippen LogP contribution is -2.29. The molecule has 0 saturated heterocycles. The lowest BCUT2D eigenvalue weighted by atomic mass is 10.2. The van der Waals surface area contributed by atoms with Crippen LogP contribution >= 0.6 is 0 Å². The maximum atomic E-state index is 13.0. The predicted molar refractivity (Wildman–Crippen MR) is 97.9 cm³/mol. The molecule has 0 unspecified atom stereocenters. The van der Waals surface area contributed by atoms with Gasteiger partial charge in [-0.05, 0) is 35.9 Å². The highest BCUT2D eigenvalue weighted by Crippen LogP contribution is 2.29. The maximum Gasteiger partial charge on any atom is 0.198 e. The summed E-state index contributed by atoms with van der Waals surface area (Å²) in [6.45, 7) is 6.13. The van der Waals surface area contributed by atoms with E-state index in [1.165, 1.54) is 0 Å². The molecule has 0 atom stereocenters. The number of benzene rings is 2. The first kappa shape index (κ1) is 17.5. The van der Waals surface area contributed by atoms with Crippen LogP contribution in [-0.2, 0) is 9.84 Å². The Morgan fingerprint density at radius 1 is 0.957 bits per heavy atom. The van der Waals surface area contributed by atoms with Crippen molar-refractivity contribution in [2.45, 2.75) is 24.5 Å². The molecule has 0 saturated carbocycles. The van der Waals surface area contributed by atoms with Crippen LogP contribution in [0.3, 0.4) is 0 Å². The molecule has 122 valence electrons. The number of hydrogen-bond acceptors (Lipinski definition) is 3. The van der Waals surface area contributed by atoms with Crippen LogP contribution in [-0.4, -0.2) is 23.6 Å². The van der Waals surface area contributed by atoms with Gasteiger partial charge >= 0.3 is 0 Å². The van der Waals surface area contributed by atoms with E-state index < -0.39 is 17.9 Å². The van der Waals surface area contributed by atoms with E-state index >= 15 is 0 Å². The smallest absolute Gasteiger partial charge is 0.198 e. The molecule has 0 amide bonds.